The fourth-order valence-electron chi connectivity index (χ4n) is 1.37. The summed E-state index contributed by atoms with van der Waals surface area (Å²) < 4.78 is 26.5. The lowest BCUT2D eigenvalue weighted by atomic mass is 10.2. The average Bonchev–Trinajstić information content (AvgIpc) is 2.12. The molecular weight excluding hydrogens is 200 g/mol. The summed E-state index contributed by atoms with van der Waals surface area (Å²) in [6, 6.07) is 5.19. The van der Waals surface area contributed by atoms with E-state index in [0.29, 0.717) is 5.69 Å². The van der Waals surface area contributed by atoms with E-state index in [2.05, 4.69) is 4.40 Å². The van der Waals surface area contributed by atoms with Crippen molar-refractivity contribution < 1.29 is 8.42 Å². The highest BCUT2D eigenvalue weighted by atomic mass is 32.2. The third-order valence-corrected chi connectivity index (χ3v) is 3.40. The Morgan fingerprint density at radius 3 is 2.79 bits per heavy atom. The molecule has 0 spiro atoms. The van der Waals surface area contributed by atoms with Crippen LogP contribution in [0, 0.1) is 6.92 Å². The number of benzene rings is 1. The van der Waals surface area contributed by atoms with Crippen LogP contribution in [0.5, 0.6) is 0 Å². The van der Waals surface area contributed by atoms with Crippen LogP contribution in [0.2, 0.25) is 0 Å². The number of hydrogen-bond acceptors (Lipinski definition) is 3. The third-order valence-electron chi connectivity index (χ3n) is 2.13. The van der Waals surface area contributed by atoms with E-state index in [-0.39, 0.29) is 4.90 Å². The second-order valence-corrected chi connectivity index (χ2v) is 4.88. The molecule has 0 fully saturated rings. The van der Waals surface area contributed by atoms with Crippen LogP contribution in [0.25, 0.3) is 0 Å². The van der Waals surface area contributed by atoms with E-state index in [1.54, 1.807) is 24.1 Å². The highest BCUT2D eigenvalue weighted by Gasteiger charge is 2.22. The summed E-state index contributed by atoms with van der Waals surface area (Å²) in [6.45, 7) is 1.92. The maximum absolute atomic E-state index is 11.5. The van der Waals surface area contributed by atoms with E-state index in [1.165, 1.54) is 6.34 Å². The lowest BCUT2D eigenvalue weighted by molar-refractivity contribution is 0.597. The summed E-state index contributed by atoms with van der Waals surface area (Å²) in [4.78, 5) is 1.97. The van der Waals surface area contributed by atoms with Gasteiger partial charge < -0.3 is 4.90 Å². The Morgan fingerprint density at radius 2 is 2.07 bits per heavy atom. The van der Waals surface area contributed by atoms with Crippen LogP contribution in [-0.4, -0.2) is 21.8 Å². The molecule has 0 atom stereocenters. The molecule has 5 heteroatoms. The molecule has 4 nitrogen and oxygen atoms in total. The zero-order chi connectivity index (χ0) is 10.3. The van der Waals surface area contributed by atoms with Crippen LogP contribution in [0.4, 0.5) is 5.69 Å². The van der Waals surface area contributed by atoms with Gasteiger partial charge in [-0.25, -0.2) is 0 Å². The predicted molar refractivity (Wildman–Crippen MR) is 55.3 cm³/mol. The number of anilines is 1. The van der Waals surface area contributed by atoms with Crippen molar-refractivity contribution in [3.63, 3.8) is 0 Å². The van der Waals surface area contributed by atoms with Gasteiger partial charge in [0.25, 0.3) is 10.0 Å². The molecule has 0 saturated heterocycles. The van der Waals surface area contributed by atoms with Crippen LogP contribution < -0.4 is 4.90 Å². The number of aryl methyl sites for hydroxylation is 1. The first kappa shape index (κ1) is 9.21. The lowest BCUT2D eigenvalue weighted by Crippen LogP contribution is -2.22. The standard InChI is InChI=1S/C9H10N2O2S/c1-7-3-4-9-8(5-7)11(2)6-10-14(9,12)13/h3-6H,1-2H3. The van der Waals surface area contributed by atoms with Gasteiger partial charge in [0.15, 0.2) is 0 Å². The van der Waals surface area contributed by atoms with Gasteiger partial charge in [-0.2, -0.15) is 8.42 Å². The van der Waals surface area contributed by atoms with Crippen LogP contribution >= 0.6 is 0 Å². The zero-order valence-corrected chi connectivity index (χ0v) is 8.75. The smallest absolute Gasteiger partial charge is 0.285 e. The Labute approximate surface area is 82.9 Å². The molecule has 1 aromatic carbocycles. The van der Waals surface area contributed by atoms with Crippen molar-refractivity contribution in [2.24, 2.45) is 4.40 Å². The number of fused-ring (bicyclic) bond motifs is 1. The quantitative estimate of drug-likeness (QED) is 0.645. The summed E-state index contributed by atoms with van der Waals surface area (Å²) >= 11 is 0. The van der Waals surface area contributed by atoms with E-state index in [1.807, 2.05) is 13.0 Å². The summed E-state index contributed by atoms with van der Waals surface area (Å²) in [5, 5.41) is 0. The molecule has 0 unspecified atom stereocenters. The molecule has 0 aliphatic carbocycles. The van der Waals surface area contributed by atoms with Gasteiger partial charge in [0.05, 0.1) is 5.69 Å². The topological polar surface area (TPSA) is 49.7 Å². The summed E-state index contributed by atoms with van der Waals surface area (Å²) in [7, 11) is -1.69. The van der Waals surface area contributed by atoms with Gasteiger partial charge in [0.2, 0.25) is 0 Å². The van der Waals surface area contributed by atoms with Crippen molar-refractivity contribution in [2.45, 2.75) is 11.8 Å². The van der Waals surface area contributed by atoms with Gasteiger partial charge in [0.1, 0.15) is 11.2 Å². The highest BCUT2D eigenvalue weighted by molar-refractivity contribution is 7.90. The van der Waals surface area contributed by atoms with Crippen LogP contribution in [0.15, 0.2) is 27.5 Å². The van der Waals surface area contributed by atoms with Crippen molar-refractivity contribution in [3.05, 3.63) is 23.8 Å². The van der Waals surface area contributed by atoms with Crippen molar-refractivity contribution in [3.8, 4) is 0 Å². The normalized spacial score (nSPS) is 18.0. The van der Waals surface area contributed by atoms with E-state index >= 15 is 0 Å². The number of nitrogens with zero attached hydrogens (tertiary/aromatic N) is 2. The molecule has 1 aliphatic heterocycles. The first-order valence-electron chi connectivity index (χ1n) is 4.15. The first-order valence-corrected chi connectivity index (χ1v) is 5.59. The molecule has 0 amide bonds. The van der Waals surface area contributed by atoms with Crippen molar-refractivity contribution in [1.82, 2.24) is 0 Å². The van der Waals surface area contributed by atoms with Crippen LogP contribution in [-0.2, 0) is 10.0 Å². The molecule has 0 bridgehead atoms. The Morgan fingerprint density at radius 1 is 1.36 bits per heavy atom. The van der Waals surface area contributed by atoms with Gasteiger partial charge in [0, 0.05) is 7.05 Å². The van der Waals surface area contributed by atoms with Gasteiger partial charge >= 0.3 is 0 Å². The molecule has 1 aromatic rings. The maximum Gasteiger partial charge on any atom is 0.285 e. The molecule has 0 N–H and O–H groups in total. The number of sulfonamides is 1. The second-order valence-electron chi connectivity index (χ2n) is 3.28. The minimum absolute atomic E-state index is 0.271. The zero-order valence-electron chi connectivity index (χ0n) is 7.93. The molecule has 1 aliphatic rings. The van der Waals surface area contributed by atoms with E-state index in [4.69, 9.17) is 0 Å². The minimum Gasteiger partial charge on any atom is -0.334 e. The van der Waals surface area contributed by atoms with Gasteiger partial charge in [-0.15, -0.1) is 4.40 Å². The summed E-state index contributed by atoms with van der Waals surface area (Å²) in [5.41, 5.74) is 1.71. The van der Waals surface area contributed by atoms with E-state index in [9.17, 15) is 8.42 Å². The van der Waals surface area contributed by atoms with E-state index in [0.717, 1.165) is 5.56 Å². The summed E-state index contributed by atoms with van der Waals surface area (Å²) in [5.74, 6) is 0. The average molecular weight is 210 g/mol. The van der Waals surface area contributed by atoms with Crippen molar-refractivity contribution in [1.29, 1.82) is 0 Å². The van der Waals surface area contributed by atoms with E-state index < -0.39 is 10.0 Å². The predicted octanol–water partition coefficient (Wildman–Crippen LogP) is 1.16. The summed E-state index contributed by atoms with van der Waals surface area (Å²) in [6.07, 6.45) is 1.32. The molecule has 14 heavy (non-hydrogen) atoms. The lowest BCUT2D eigenvalue weighted by Gasteiger charge is -2.20. The molecule has 1 heterocycles. The molecule has 2 rings (SSSR count). The molecular formula is C9H10N2O2S. The van der Waals surface area contributed by atoms with Crippen LogP contribution in [0.1, 0.15) is 5.56 Å². The number of hydrogen-bond donors (Lipinski definition) is 0. The highest BCUT2D eigenvalue weighted by Crippen LogP contribution is 2.29. The molecule has 0 saturated carbocycles. The largest absolute Gasteiger partial charge is 0.334 e. The SMILES string of the molecule is Cc1ccc2c(c1)N(C)C=NS2(=O)=O. The van der Waals surface area contributed by atoms with Gasteiger partial charge in [-0.1, -0.05) is 6.07 Å². The molecule has 74 valence electrons. The number of rotatable bonds is 0. The maximum atomic E-state index is 11.5. The third kappa shape index (κ3) is 1.29. The monoisotopic (exact) mass is 210 g/mol. The first-order chi connectivity index (χ1) is 6.50. The molecule has 0 radical (unpaired) electrons. The molecule has 0 aromatic heterocycles. The second kappa shape index (κ2) is 2.81. The Kier molecular flexibility index (Phi) is 1.85. The van der Waals surface area contributed by atoms with Crippen molar-refractivity contribution in [2.75, 3.05) is 11.9 Å². The van der Waals surface area contributed by atoms with Crippen molar-refractivity contribution >= 4 is 22.0 Å². The minimum atomic E-state index is -3.46. The Hall–Kier alpha value is -1.36. The Bertz CT molecular complexity index is 506. The fourth-order valence-corrected chi connectivity index (χ4v) is 2.46. The Balaban J connectivity index is 2.75. The van der Waals surface area contributed by atoms with Gasteiger partial charge in [-0.05, 0) is 24.6 Å². The fraction of sp³-hybridized carbons (Fsp3) is 0.222. The van der Waals surface area contributed by atoms with Crippen LogP contribution in [0.3, 0.4) is 0 Å². The van der Waals surface area contributed by atoms with Gasteiger partial charge in [-0.3, -0.25) is 0 Å².